The maximum Gasteiger partial charge on any atom is 0.257 e. The summed E-state index contributed by atoms with van der Waals surface area (Å²) < 4.78 is 10.7. The molecule has 2 rings (SSSR count). The minimum Gasteiger partial charge on any atom is -0.493 e. The van der Waals surface area contributed by atoms with Crippen LogP contribution in [-0.2, 0) is 4.79 Å². The molecule has 0 saturated heterocycles. The zero-order valence-electron chi connectivity index (χ0n) is 15.5. The quantitative estimate of drug-likeness (QED) is 0.649. The van der Waals surface area contributed by atoms with E-state index in [1.54, 1.807) is 18.2 Å². The number of rotatable bonds is 8. The van der Waals surface area contributed by atoms with Crippen molar-refractivity contribution >= 4 is 11.8 Å². The number of carbonyl (C=O) groups is 2. The maximum atomic E-state index is 12.6. The van der Waals surface area contributed by atoms with Gasteiger partial charge >= 0.3 is 0 Å². The number of methoxy groups -OCH3 is 1. The highest BCUT2D eigenvalue weighted by Crippen LogP contribution is 2.29. The van der Waals surface area contributed by atoms with Crippen LogP contribution in [0.5, 0.6) is 11.5 Å². The third-order valence-corrected chi connectivity index (χ3v) is 4.85. The molecule has 1 aromatic rings. The summed E-state index contributed by atoms with van der Waals surface area (Å²) in [6, 6.07) is 4.89. The number of likely N-dealkylation sites (N-methyl/N-ethyl adjacent to an activating group) is 1. The molecule has 1 aliphatic carbocycles. The van der Waals surface area contributed by atoms with Crippen molar-refractivity contribution in [3.05, 3.63) is 23.8 Å². The van der Waals surface area contributed by atoms with E-state index in [0.29, 0.717) is 29.5 Å². The second-order valence-corrected chi connectivity index (χ2v) is 6.54. The average molecular weight is 363 g/mol. The minimum atomic E-state index is -0.243. The molecule has 0 spiro atoms. The third-order valence-electron chi connectivity index (χ3n) is 4.85. The normalized spacial score (nSPS) is 15.8. The summed E-state index contributed by atoms with van der Waals surface area (Å²) in [6.07, 6.45) is 5.87. The molecule has 1 saturated carbocycles. The fourth-order valence-electron chi connectivity index (χ4n) is 3.30. The summed E-state index contributed by atoms with van der Waals surface area (Å²) in [5.74, 6) is 0.836. The number of ether oxygens (including phenoxy) is 2. The van der Waals surface area contributed by atoms with Crippen molar-refractivity contribution in [3.63, 3.8) is 0 Å². The smallest absolute Gasteiger partial charge is 0.257 e. The van der Waals surface area contributed by atoms with Gasteiger partial charge < -0.3 is 25.8 Å². The van der Waals surface area contributed by atoms with Crippen molar-refractivity contribution in [1.82, 2.24) is 10.6 Å². The molecule has 1 aromatic carbocycles. The Bertz CT molecular complexity index is 615. The Morgan fingerprint density at radius 1 is 1.23 bits per heavy atom. The van der Waals surface area contributed by atoms with Crippen LogP contribution in [0.1, 0.15) is 42.5 Å². The summed E-state index contributed by atoms with van der Waals surface area (Å²) in [5.41, 5.74) is 6.37. The second kappa shape index (κ2) is 10.0. The van der Waals surface area contributed by atoms with Gasteiger partial charge in [-0.05, 0) is 37.0 Å². The first kappa shape index (κ1) is 20.0. The van der Waals surface area contributed by atoms with Crippen LogP contribution < -0.4 is 25.8 Å². The molecule has 0 radical (unpaired) electrons. The van der Waals surface area contributed by atoms with Gasteiger partial charge in [0.05, 0.1) is 7.11 Å². The van der Waals surface area contributed by atoms with Crippen LogP contribution in [0.15, 0.2) is 18.2 Å². The first-order valence-electron chi connectivity index (χ1n) is 9.11. The zero-order chi connectivity index (χ0) is 18.9. The lowest BCUT2D eigenvalue weighted by Crippen LogP contribution is -2.45. The molecule has 0 bridgehead atoms. The van der Waals surface area contributed by atoms with Crippen LogP contribution in [0.2, 0.25) is 0 Å². The summed E-state index contributed by atoms with van der Waals surface area (Å²) in [5, 5.41) is 5.54. The highest BCUT2D eigenvalue weighted by atomic mass is 16.5. The molecule has 1 unspecified atom stereocenters. The van der Waals surface area contributed by atoms with Gasteiger partial charge in [-0.15, -0.1) is 0 Å². The van der Waals surface area contributed by atoms with Gasteiger partial charge in [-0.2, -0.15) is 0 Å². The monoisotopic (exact) mass is 363 g/mol. The predicted octanol–water partition coefficient (Wildman–Crippen LogP) is 1.46. The molecule has 144 valence electrons. The molecule has 1 fully saturated rings. The van der Waals surface area contributed by atoms with E-state index in [1.807, 2.05) is 0 Å². The molecule has 0 aromatic heterocycles. The van der Waals surface area contributed by atoms with Crippen LogP contribution in [0.3, 0.4) is 0 Å². The fourth-order valence-corrected chi connectivity index (χ4v) is 3.30. The van der Waals surface area contributed by atoms with E-state index in [9.17, 15) is 9.59 Å². The van der Waals surface area contributed by atoms with E-state index in [2.05, 4.69) is 10.6 Å². The molecule has 26 heavy (non-hydrogen) atoms. The van der Waals surface area contributed by atoms with Crippen LogP contribution >= 0.6 is 0 Å². The molecule has 0 heterocycles. The number of benzene rings is 1. The Kier molecular flexibility index (Phi) is 7.72. The predicted molar refractivity (Wildman–Crippen MR) is 99.4 cm³/mol. The Morgan fingerprint density at radius 2 is 1.96 bits per heavy atom. The molecular formula is C19H29N3O4. The van der Waals surface area contributed by atoms with E-state index in [0.717, 1.165) is 12.8 Å². The van der Waals surface area contributed by atoms with Crippen molar-refractivity contribution in [2.75, 3.05) is 27.3 Å². The topological polar surface area (TPSA) is 103 Å². The van der Waals surface area contributed by atoms with Crippen molar-refractivity contribution < 1.29 is 19.1 Å². The van der Waals surface area contributed by atoms with Gasteiger partial charge in [-0.1, -0.05) is 19.3 Å². The van der Waals surface area contributed by atoms with Crippen LogP contribution in [0.25, 0.3) is 0 Å². The van der Waals surface area contributed by atoms with Gasteiger partial charge in [-0.25, -0.2) is 0 Å². The average Bonchev–Trinajstić information content (AvgIpc) is 2.70. The number of amides is 2. The standard InChI is InChI=1S/C19H29N3O4/c1-21-18(23)12-26-16-9-8-14(10-17(16)25-2)19(24)22-15(11-20)13-6-4-3-5-7-13/h8-10,13,15H,3-7,11-12,20H2,1-2H3,(H,21,23)(H,22,24). The Balaban J connectivity index is 2.04. The van der Waals surface area contributed by atoms with E-state index in [4.69, 9.17) is 15.2 Å². The number of hydrogen-bond donors (Lipinski definition) is 3. The zero-order valence-corrected chi connectivity index (χ0v) is 15.5. The van der Waals surface area contributed by atoms with Gasteiger partial charge in [0.15, 0.2) is 18.1 Å². The van der Waals surface area contributed by atoms with Crippen LogP contribution in [0.4, 0.5) is 0 Å². The van der Waals surface area contributed by atoms with Crippen LogP contribution in [-0.4, -0.2) is 45.2 Å². The lowest BCUT2D eigenvalue weighted by Gasteiger charge is -2.30. The molecule has 2 amide bonds. The van der Waals surface area contributed by atoms with Crippen molar-refractivity contribution in [1.29, 1.82) is 0 Å². The van der Waals surface area contributed by atoms with Gasteiger partial charge in [-0.3, -0.25) is 9.59 Å². The first-order valence-corrected chi connectivity index (χ1v) is 9.11. The van der Waals surface area contributed by atoms with Crippen molar-refractivity contribution in [3.8, 4) is 11.5 Å². The fraction of sp³-hybridized carbons (Fsp3) is 0.579. The number of carbonyl (C=O) groups excluding carboxylic acids is 2. The van der Waals surface area contributed by atoms with Crippen LogP contribution in [0, 0.1) is 5.92 Å². The molecule has 7 heteroatoms. The molecule has 1 aliphatic rings. The molecule has 7 nitrogen and oxygen atoms in total. The molecular weight excluding hydrogens is 334 g/mol. The lowest BCUT2D eigenvalue weighted by molar-refractivity contribution is -0.122. The van der Waals surface area contributed by atoms with Gasteiger partial charge in [0.1, 0.15) is 0 Å². The SMILES string of the molecule is CNC(=O)COc1ccc(C(=O)NC(CN)C2CCCCC2)cc1OC. The highest BCUT2D eigenvalue weighted by molar-refractivity contribution is 5.95. The van der Waals surface area contributed by atoms with E-state index in [1.165, 1.54) is 33.4 Å². The first-order chi connectivity index (χ1) is 12.6. The van der Waals surface area contributed by atoms with Crippen molar-refractivity contribution in [2.24, 2.45) is 11.7 Å². The Hall–Kier alpha value is -2.28. The number of nitrogens with one attached hydrogen (secondary N) is 2. The van der Waals surface area contributed by atoms with E-state index in [-0.39, 0.29) is 24.5 Å². The van der Waals surface area contributed by atoms with Gasteiger partial charge in [0.25, 0.3) is 11.8 Å². The summed E-state index contributed by atoms with van der Waals surface area (Å²) in [7, 11) is 3.03. The largest absolute Gasteiger partial charge is 0.493 e. The van der Waals surface area contributed by atoms with E-state index >= 15 is 0 Å². The minimum absolute atomic E-state index is 0.0158. The second-order valence-electron chi connectivity index (χ2n) is 6.54. The highest BCUT2D eigenvalue weighted by Gasteiger charge is 2.24. The lowest BCUT2D eigenvalue weighted by atomic mass is 9.84. The Morgan fingerprint density at radius 3 is 2.58 bits per heavy atom. The maximum absolute atomic E-state index is 12.6. The molecule has 4 N–H and O–H groups in total. The Labute approximate surface area is 154 Å². The molecule has 1 atom stereocenters. The van der Waals surface area contributed by atoms with E-state index < -0.39 is 0 Å². The number of nitrogens with two attached hydrogens (primary N) is 1. The van der Waals surface area contributed by atoms with Gasteiger partial charge in [0, 0.05) is 25.2 Å². The third kappa shape index (κ3) is 5.36. The van der Waals surface area contributed by atoms with Gasteiger partial charge in [0.2, 0.25) is 0 Å². The summed E-state index contributed by atoms with van der Waals surface area (Å²) >= 11 is 0. The summed E-state index contributed by atoms with van der Waals surface area (Å²) in [6.45, 7) is 0.316. The van der Waals surface area contributed by atoms with Crippen molar-refractivity contribution in [2.45, 2.75) is 38.1 Å². The molecule has 0 aliphatic heterocycles. The summed E-state index contributed by atoms with van der Waals surface area (Å²) in [4.78, 5) is 23.9. The number of hydrogen-bond acceptors (Lipinski definition) is 5.